The van der Waals surface area contributed by atoms with Gasteiger partial charge in [-0.25, -0.2) is 0 Å². The molecule has 2 N–H and O–H groups in total. The molecule has 0 radical (unpaired) electrons. The molecule has 2 aliphatic heterocycles. The van der Waals surface area contributed by atoms with Crippen molar-refractivity contribution in [3.05, 3.63) is 0 Å². The average molecular weight is 240 g/mol. The predicted molar refractivity (Wildman–Crippen MR) is 66.6 cm³/mol. The van der Waals surface area contributed by atoms with Gasteiger partial charge in [-0.3, -0.25) is 4.79 Å². The van der Waals surface area contributed by atoms with E-state index >= 15 is 0 Å². The third-order valence-electron chi connectivity index (χ3n) is 4.21. The van der Waals surface area contributed by atoms with Crippen LogP contribution in [0.3, 0.4) is 0 Å². The number of hydrogen-bond donors (Lipinski definition) is 2. The van der Waals surface area contributed by atoms with E-state index in [2.05, 4.69) is 12.2 Å². The number of aliphatic hydroxyl groups is 1. The quantitative estimate of drug-likeness (QED) is 0.743. The molecular formula is C13H24N2O2. The summed E-state index contributed by atoms with van der Waals surface area (Å²) in [6.45, 7) is 4.81. The first-order chi connectivity index (χ1) is 8.24. The van der Waals surface area contributed by atoms with Gasteiger partial charge in [0, 0.05) is 13.1 Å². The number of carbonyl (C=O) groups excluding carboxylic acids is 1. The second kappa shape index (κ2) is 5.83. The zero-order valence-electron chi connectivity index (χ0n) is 10.7. The molecule has 4 heteroatoms. The Morgan fingerprint density at radius 1 is 1.35 bits per heavy atom. The van der Waals surface area contributed by atoms with Crippen molar-refractivity contribution in [3.63, 3.8) is 0 Å². The number of aliphatic hydroxyl groups excluding tert-OH is 1. The van der Waals surface area contributed by atoms with Crippen LogP contribution < -0.4 is 5.32 Å². The summed E-state index contributed by atoms with van der Waals surface area (Å²) in [6.07, 6.45) is 4.35. The molecular weight excluding hydrogens is 216 g/mol. The van der Waals surface area contributed by atoms with Crippen LogP contribution in [0.1, 0.15) is 32.6 Å². The van der Waals surface area contributed by atoms with Gasteiger partial charge in [-0.1, -0.05) is 19.8 Å². The highest BCUT2D eigenvalue weighted by Crippen LogP contribution is 2.23. The van der Waals surface area contributed by atoms with E-state index in [0.717, 1.165) is 38.9 Å². The van der Waals surface area contributed by atoms with Crippen LogP contribution in [0.25, 0.3) is 0 Å². The third-order valence-corrected chi connectivity index (χ3v) is 4.21. The lowest BCUT2D eigenvalue weighted by Gasteiger charge is -2.31. The Balaban J connectivity index is 2.04. The van der Waals surface area contributed by atoms with Gasteiger partial charge in [-0.2, -0.15) is 0 Å². The second-order valence-corrected chi connectivity index (χ2v) is 5.46. The molecule has 2 fully saturated rings. The molecule has 98 valence electrons. The average Bonchev–Trinajstić information content (AvgIpc) is 2.64. The predicted octanol–water partition coefficient (Wildman–Crippen LogP) is 0.605. The lowest BCUT2D eigenvalue weighted by Crippen LogP contribution is -2.46. The minimum absolute atomic E-state index is 0.0535. The summed E-state index contributed by atoms with van der Waals surface area (Å²) in [5.41, 5.74) is 0. The van der Waals surface area contributed by atoms with E-state index in [0.29, 0.717) is 5.92 Å². The van der Waals surface area contributed by atoms with Gasteiger partial charge in [-0.05, 0) is 25.3 Å². The maximum atomic E-state index is 12.5. The topological polar surface area (TPSA) is 52.6 Å². The standard InChI is InChI=1S/C13H24N2O2/c1-10-7-14-8-12(10)13(17)15-6-4-2-3-5-11(15)9-16/h10-12,14,16H,2-9H2,1H3. The molecule has 2 saturated heterocycles. The summed E-state index contributed by atoms with van der Waals surface area (Å²) in [6, 6.07) is 0.0535. The first kappa shape index (κ1) is 12.8. The molecule has 0 aromatic rings. The number of carbonyl (C=O) groups is 1. The number of nitrogens with one attached hydrogen (secondary N) is 1. The molecule has 2 aliphatic rings. The van der Waals surface area contributed by atoms with Crippen LogP contribution in [-0.2, 0) is 4.79 Å². The summed E-state index contributed by atoms with van der Waals surface area (Å²) in [4.78, 5) is 14.5. The first-order valence-electron chi connectivity index (χ1n) is 6.86. The van der Waals surface area contributed by atoms with Crippen molar-refractivity contribution in [2.75, 3.05) is 26.2 Å². The van der Waals surface area contributed by atoms with Gasteiger partial charge >= 0.3 is 0 Å². The van der Waals surface area contributed by atoms with Crippen LogP contribution in [0, 0.1) is 11.8 Å². The molecule has 0 aliphatic carbocycles. The Bertz CT molecular complexity index is 270. The van der Waals surface area contributed by atoms with Crippen LogP contribution in [0.15, 0.2) is 0 Å². The van der Waals surface area contributed by atoms with Gasteiger partial charge < -0.3 is 15.3 Å². The van der Waals surface area contributed by atoms with E-state index < -0.39 is 0 Å². The fraction of sp³-hybridized carbons (Fsp3) is 0.923. The Kier molecular flexibility index (Phi) is 4.40. The van der Waals surface area contributed by atoms with Gasteiger partial charge in [0.1, 0.15) is 0 Å². The molecule has 0 saturated carbocycles. The van der Waals surface area contributed by atoms with Crippen LogP contribution in [0.5, 0.6) is 0 Å². The van der Waals surface area contributed by atoms with Crippen molar-refractivity contribution in [1.29, 1.82) is 0 Å². The van der Waals surface area contributed by atoms with E-state index in [9.17, 15) is 9.90 Å². The fourth-order valence-electron chi connectivity index (χ4n) is 3.01. The van der Waals surface area contributed by atoms with Crippen LogP contribution in [0.2, 0.25) is 0 Å². The van der Waals surface area contributed by atoms with E-state index in [1.807, 2.05) is 4.90 Å². The molecule has 0 bridgehead atoms. The molecule has 4 nitrogen and oxygen atoms in total. The molecule has 0 spiro atoms. The minimum atomic E-state index is 0.0535. The number of nitrogens with zero attached hydrogens (tertiary/aromatic N) is 1. The molecule has 2 rings (SSSR count). The number of amides is 1. The molecule has 0 aromatic carbocycles. The van der Waals surface area contributed by atoms with Gasteiger partial charge in [0.15, 0.2) is 0 Å². The smallest absolute Gasteiger partial charge is 0.227 e. The van der Waals surface area contributed by atoms with Crippen molar-refractivity contribution in [2.45, 2.75) is 38.6 Å². The highest BCUT2D eigenvalue weighted by molar-refractivity contribution is 5.80. The monoisotopic (exact) mass is 240 g/mol. The van der Waals surface area contributed by atoms with Crippen molar-refractivity contribution >= 4 is 5.91 Å². The van der Waals surface area contributed by atoms with E-state index in [-0.39, 0.29) is 24.5 Å². The normalized spacial score (nSPS) is 34.7. The lowest BCUT2D eigenvalue weighted by atomic mass is 9.95. The summed E-state index contributed by atoms with van der Waals surface area (Å²) >= 11 is 0. The minimum Gasteiger partial charge on any atom is -0.394 e. The van der Waals surface area contributed by atoms with Gasteiger partial charge in [0.05, 0.1) is 18.6 Å². The number of rotatable bonds is 2. The Morgan fingerprint density at radius 2 is 2.18 bits per heavy atom. The summed E-state index contributed by atoms with van der Waals surface area (Å²) in [5.74, 6) is 0.788. The van der Waals surface area contributed by atoms with E-state index in [1.54, 1.807) is 0 Å². The van der Waals surface area contributed by atoms with Crippen molar-refractivity contribution < 1.29 is 9.90 Å². The lowest BCUT2D eigenvalue weighted by molar-refractivity contribution is -0.139. The van der Waals surface area contributed by atoms with Gasteiger partial charge in [0.2, 0.25) is 5.91 Å². The maximum absolute atomic E-state index is 12.5. The molecule has 3 atom stereocenters. The molecule has 17 heavy (non-hydrogen) atoms. The van der Waals surface area contributed by atoms with Crippen LogP contribution in [0.4, 0.5) is 0 Å². The first-order valence-corrected chi connectivity index (χ1v) is 6.86. The summed E-state index contributed by atoms with van der Waals surface area (Å²) in [7, 11) is 0. The van der Waals surface area contributed by atoms with Crippen LogP contribution >= 0.6 is 0 Å². The van der Waals surface area contributed by atoms with E-state index in [1.165, 1.54) is 6.42 Å². The zero-order valence-corrected chi connectivity index (χ0v) is 10.7. The molecule has 0 aromatic heterocycles. The molecule has 1 amide bonds. The van der Waals surface area contributed by atoms with Crippen molar-refractivity contribution in [2.24, 2.45) is 11.8 Å². The number of hydrogen-bond acceptors (Lipinski definition) is 3. The van der Waals surface area contributed by atoms with Crippen molar-refractivity contribution in [1.82, 2.24) is 10.2 Å². The van der Waals surface area contributed by atoms with E-state index in [4.69, 9.17) is 0 Å². The summed E-state index contributed by atoms with van der Waals surface area (Å²) < 4.78 is 0. The van der Waals surface area contributed by atoms with Crippen LogP contribution in [-0.4, -0.2) is 48.2 Å². The summed E-state index contributed by atoms with van der Waals surface area (Å²) in [5, 5.41) is 12.7. The Labute approximate surface area is 103 Å². The third kappa shape index (κ3) is 2.80. The SMILES string of the molecule is CC1CNCC1C(=O)N1CCCCCC1CO. The fourth-order valence-corrected chi connectivity index (χ4v) is 3.01. The maximum Gasteiger partial charge on any atom is 0.227 e. The zero-order chi connectivity index (χ0) is 12.3. The largest absolute Gasteiger partial charge is 0.394 e. The number of likely N-dealkylation sites (tertiary alicyclic amines) is 1. The second-order valence-electron chi connectivity index (χ2n) is 5.46. The molecule has 3 unspecified atom stereocenters. The Hall–Kier alpha value is -0.610. The van der Waals surface area contributed by atoms with Gasteiger partial charge in [0.25, 0.3) is 0 Å². The highest BCUT2D eigenvalue weighted by atomic mass is 16.3. The Morgan fingerprint density at radius 3 is 2.82 bits per heavy atom. The molecule has 2 heterocycles. The van der Waals surface area contributed by atoms with Crippen molar-refractivity contribution in [3.8, 4) is 0 Å². The highest BCUT2D eigenvalue weighted by Gasteiger charge is 2.35. The van der Waals surface area contributed by atoms with Gasteiger partial charge in [-0.15, -0.1) is 0 Å².